The molecule has 15 heavy (non-hydrogen) atoms. The SMILES string of the molecule is Nc1c(Cl)ncnc1NCCOCCO. The largest absolute Gasteiger partial charge is 0.394 e. The van der Waals surface area contributed by atoms with Crippen LogP contribution in [0.15, 0.2) is 6.33 Å². The highest BCUT2D eigenvalue weighted by atomic mass is 35.5. The molecule has 84 valence electrons. The molecule has 0 atom stereocenters. The molecule has 0 aliphatic heterocycles. The summed E-state index contributed by atoms with van der Waals surface area (Å²) < 4.78 is 5.04. The third kappa shape index (κ3) is 3.86. The van der Waals surface area contributed by atoms with Crippen molar-refractivity contribution < 1.29 is 9.84 Å². The number of aliphatic hydroxyl groups is 1. The molecule has 0 aliphatic carbocycles. The van der Waals surface area contributed by atoms with Gasteiger partial charge in [-0.1, -0.05) is 11.6 Å². The third-order valence-electron chi connectivity index (χ3n) is 1.61. The van der Waals surface area contributed by atoms with Gasteiger partial charge >= 0.3 is 0 Å². The second-order valence-corrected chi connectivity index (χ2v) is 3.05. The summed E-state index contributed by atoms with van der Waals surface area (Å²) in [6.45, 7) is 1.34. The van der Waals surface area contributed by atoms with Crippen molar-refractivity contribution in [1.29, 1.82) is 0 Å². The minimum absolute atomic E-state index is 0.0154. The van der Waals surface area contributed by atoms with Crippen molar-refractivity contribution >= 4 is 23.1 Å². The molecule has 1 rings (SSSR count). The van der Waals surface area contributed by atoms with Crippen LogP contribution in [0.4, 0.5) is 11.5 Å². The van der Waals surface area contributed by atoms with Gasteiger partial charge < -0.3 is 20.9 Å². The van der Waals surface area contributed by atoms with E-state index in [1.54, 1.807) is 0 Å². The van der Waals surface area contributed by atoms with Gasteiger partial charge in [0.15, 0.2) is 11.0 Å². The summed E-state index contributed by atoms with van der Waals surface area (Å²) in [5.41, 5.74) is 5.94. The number of hydrogen-bond acceptors (Lipinski definition) is 6. The van der Waals surface area contributed by atoms with E-state index in [4.69, 9.17) is 27.2 Å². The fourth-order valence-electron chi connectivity index (χ4n) is 0.923. The Kier molecular flexibility index (Phi) is 5.09. The number of halogens is 1. The zero-order chi connectivity index (χ0) is 11.1. The van der Waals surface area contributed by atoms with Crippen LogP contribution >= 0.6 is 11.6 Å². The molecule has 0 amide bonds. The standard InChI is InChI=1S/C8H13ClN4O2/c9-7-6(10)8(13-5-12-7)11-1-3-15-4-2-14/h5,14H,1-4,10H2,(H,11,12,13). The van der Waals surface area contributed by atoms with Gasteiger partial charge in [0.1, 0.15) is 12.0 Å². The number of aliphatic hydroxyl groups excluding tert-OH is 1. The summed E-state index contributed by atoms with van der Waals surface area (Å²) >= 11 is 5.70. The Morgan fingerprint density at radius 2 is 2.27 bits per heavy atom. The lowest BCUT2D eigenvalue weighted by molar-refractivity contribution is 0.0992. The second-order valence-electron chi connectivity index (χ2n) is 2.69. The molecule has 6 nitrogen and oxygen atoms in total. The molecule has 0 spiro atoms. The van der Waals surface area contributed by atoms with Crippen molar-refractivity contribution in [2.75, 3.05) is 37.4 Å². The summed E-state index contributed by atoms with van der Waals surface area (Å²) in [4.78, 5) is 7.64. The van der Waals surface area contributed by atoms with E-state index in [2.05, 4.69) is 15.3 Å². The Bertz CT molecular complexity index is 311. The molecule has 0 aromatic carbocycles. The van der Waals surface area contributed by atoms with E-state index < -0.39 is 0 Å². The fraction of sp³-hybridized carbons (Fsp3) is 0.500. The number of aromatic nitrogens is 2. The first kappa shape index (κ1) is 12.0. The Labute approximate surface area is 92.4 Å². The van der Waals surface area contributed by atoms with Gasteiger partial charge in [0.25, 0.3) is 0 Å². The van der Waals surface area contributed by atoms with Crippen LogP contribution in [0.2, 0.25) is 5.15 Å². The number of rotatable bonds is 6. The van der Waals surface area contributed by atoms with Gasteiger partial charge in [0.2, 0.25) is 0 Å². The maximum Gasteiger partial charge on any atom is 0.157 e. The fourth-order valence-corrected chi connectivity index (χ4v) is 1.06. The highest BCUT2D eigenvalue weighted by molar-refractivity contribution is 6.32. The average Bonchev–Trinajstić information content (AvgIpc) is 2.24. The van der Waals surface area contributed by atoms with Gasteiger partial charge in [-0.25, -0.2) is 9.97 Å². The van der Waals surface area contributed by atoms with Gasteiger partial charge in [-0.2, -0.15) is 0 Å². The quantitative estimate of drug-likeness (QED) is 0.477. The van der Waals surface area contributed by atoms with Crippen LogP contribution in [0, 0.1) is 0 Å². The number of nitrogen functional groups attached to an aromatic ring is 1. The van der Waals surface area contributed by atoms with Crippen LogP contribution in [0.5, 0.6) is 0 Å². The van der Waals surface area contributed by atoms with Crippen LogP contribution in [0.1, 0.15) is 0 Å². The molecule has 1 aromatic heterocycles. The Morgan fingerprint density at radius 3 is 3.00 bits per heavy atom. The highest BCUT2D eigenvalue weighted by Gasteiger charge is 2.04. The van der Waals surface area contributed by atoms with E-state index >= 15 is 0 Å². The van der Waals surface area contributed by atoms with E-state index in [1.807, 2.05) is 0 Å². The summed E-state index contributed by atoms with van der Waals surface area (Å²) in [5, 5.41) is 11.6. The zero-order valence-electron chi connectivity index (χ0n) is 8.11. The molecule has 1 aromatic rings. The van der Waals surface area contributed by atoms with Crippen molar-refractivity contribution in [3.8, 4) is 0 Å². The maximum atomic E-state index is 8.46. The predicted molar refractivity (Wildman–Crippen MR) is 57.8 cm³/mol. The molecule has 0 bridgehead atoms. The zero-order valence-corrected chi connectivity index (χ0v) is 8.87. The number of anilines is 2. The molecule has 0 saturated carbocycles. The average molecular weight is 233 g/mol. The minimum Gasteiger partial charge on any atom is -0.394 e. The van der Waals surface area contributed by atoms with Crippen LogP contribution in [0.3, 0.4) is 0 Å². The molecule has 0 unspecified atom stereocenters. The number of hydrogen-bond donors (Lipinski definition) is 3. The molecule has 7 heteroatoms. The first-order valence-corrected chi connectivity index (χ1v) is 4.82. The highest BCUT2D eigenvalue weighted by Crippen LogP contribution is 2.21. The first-order chi connectivity index (χ1) is 7.25. The van der Waals surface area contributed by atoms with Crippen molar-refractivity contribution in [3.05, 3.63) is 11.5 Å². The minimum atomic E-state index is 0.0154. The van der Waals surface area contributed by atoms with Crippen LogP contribution in [-0.2, 0) is 4.74 Å². The summed E-state index contributed by atoms with van der Waals surface area (Å²) in [6.07, 6.45) is 1.33. The molecule has 0 radical (unpaired) electrons. The molecule has 4 N–H and O–H groups in total. The Hall–Kier alpha value is -1.11. The van der Waals surface area contributed by atoms with Crippen molar-refractivity contribution in [2.45, 2.75) is 0 Å². The van der Waals surface area contributed by atoms with Crippen LogP contribution in [0.25, 0.3) is 0 Å². The van der Waals surface area contributed by atoms with Gasteiger partial charge in [-0.05, 0) is 0 Å². The van der Waals surface area contributed by atoms with E-state index in [0.29, 0.717) is 31.3 Å². The van der Waals surface area contributed by atoms with E-state index in [-0.39, 0.29) is 11.8 Å². The van der Waals surface area contributed by atoms with Gasteiger partial charge in [-0.3, -0.25) is 0 Å². The Balaban J connectivity index is 2.34. The van der Waals surface area contributed by atoms with Crippen molar-refractivity contribution in [3.63, 3.8) is 0 Å². The lowest BCUT2D eigenvalue weighted by atomic mass is 10.5. The number of ether oxygens (including phenoxy) is 1. The van der Waals surface area contributed by atoms with E-state index in [0.717, 1.165) is 0 Å². The van der Waals surface area contributed by atoms with Gasteiger partial charge in [-0.15, -0.1) is 0 Å². The van der Waals surface area contributed by atoms with Gasteiger partial charge in [0, 0.05) is 6.54 Å². The van der Waals surface area contributed by atoms with Crippen molar-refractivity contribution in [1.82, 2.24) is 9.97 Å². The maximum absolute atomic E-state index is 8.46. The van der Waals surface area contributed by atoms with E-state index in [9.17, 15) is 0 Å². The topological polar surface area (TPSA) is 93.3 Å². The molecular formula is C8H13ClN4O2. The van der Waals surface area contributed by atoms with Crippen molar-refractivity contribution in [2.24, 2.45) is 0 Å². The number of nitrogens with zero attached hydrogens (tertiary/aromatic N) is 2. The molecule has 1 heterocycles. The first-order valence-electron chi connectivity index (χ1n) is 4.44. The second kappa shape index (κ2) is 6.39. The van der Waals surface area contributed by atoms with Gasteiger partial charge in [0.05, 0.1) is 19.8 Å². The lowest BCUT2D eigenvalue weighted by Crippen LogP contribution is -2.13. The van der Waals surface area contributed by atoms with Crippen LogP contribution < -0.4 is 11.1 Å². The summed E-state index contributed by atoms with van der Waals surface area (Å²) in [5.74, 6) is 0.489. The molecule has 0 saturated heterocycles. The lowest BCUT2D eigenvalue weighted by Gasteiger charge is -2.08. The summed E-state index contributed by atoms with van der Waals surface area (Å²) in [6, 6.07) is 0. The molecular weight excluding hydrogens is 220 g/mol. The Morgan fingerprint density at radius 1 is 1.47 bits per heavy atom. The van der Waals surface area contributed by atoms with Crippen LogP contribution in [-0.4, -0.2) is 41.4 Å². The summed E-state index contributed by atoms with van der Waals surface area (Å²) in [7, 11) is 0. The molecule has 0 aliphatic rings. The van der Waals surface area contributed by atoms with E-state index in [1.165, 1.54) is 6.33 Å². The monoisotopic (exact) mass is 232 g/mol. The normalized spacial score (nSPS) is 10.3. The number of nitrogens with one attached hydrogen (secondary N) is 1. The predicted octanol–water partition coefficient (Wildman–Crippen LogP) is 0.133. The third-order valence-corrected chi connectivity index (χ3v) is 1.91. The number of nitrogens with two attached hydrogens (primary N) is 1. The molecule has 0 fully saturated rings. The smallest absolute Gasteiger partial charge is 0.157 e.